The molecule has 0 radical (unpaired) electrons. The minimum Gasteiger partial charge on any atom is -0.338 e. The van der Waals surface area contributed by atoms with Crippen molar-refractivity contribution in [3.05, 3.63) is 34.3 Å². The highest BCUT2D eigenvalue weighted by Gasteiger charge is 2.42. The number of fused-ring (bicyclic) bond motifs is 1. The Hall–Kier alpha value is -0.770. The van der Waals surface area contributed by atoms with Crippen LogP contribution in [0.5, 0.6) is 0 Å². The number of hydrogen-bond donors (Lipinski definition) is 1. The minimum absolute atomic E-state index is 0. The molecule has 0 aromatic heterocycles. The van der Waals surface area contributed by atoms with Gasteiger partial charge in [-0.2, -0.15) is 0 Å². The molecular formula is C15H20Cl2N2O. The van der Waals surface area contributed by atoms with Crippen LogP contribution in [-0.4, -0.2) is 29.9 Å². The molecule has 1 saturated heterocycles. The predicted octanol–water partition coefficient (Wildman–Crippen LogP) is 2.88. The van der Waals surface area contributed by atoms with Crippen molar-refractivity contribution in [2.75, 3.05) is 13.1 Å². The number of carbonyl (C=O) groups is 1. The molecule has 1 amide bonds. The van der Waals surface area contributed by atoms with Crippen molar-refractivity contribution in [1.29, 1.82) is 0 Å². The first-order valence-electron chi connectivity index (χ1n) is 6.87. The molecule has 1 aromatic rings. The second-order valence-corrected chi connectivity index (χ2v) is 6.27. The molecule has 3 atom stereocenters. The fourth-order valence-electron chi connectivity index (χ4n) is 3.51. The maximum absolute atomic E-state index is 12.6. The average Bonchev–Trinajstić information content (AvgIpc) is 2.91. The Morgan fingerprint density at radius 1 is 1.35 bits per heavy atom. The molecule has 1 heterocycles. The van der Waals surface area contributed by atoms with Crippen molar-refractivity contribution in [3.8, 4) is 0 Å². The number of nitrogens with zero attached hydrogens (tertiary/aromatic N) is 1. The number of aryl methyl sites for hydroxylation is 1. The van der Waals surface area contributed by atoms with Crippen LogP contribution in [0.15, 0.2) is 18.2 Å². The summed E-state index contributed by atoms with van der Waals surface area (Å²) in [6.07, 6.45) is 2.27. The van der Waals surface area contributed by atoms with Crippen molar-refractivity contribution >= 4 is 29.9 Å². The summed E-state index contributed by atoms with van der Waals surface area (Å²) in [6.45, 7) is 3.60. The van der Waals surface area contributed by atoms with Gasteiger partial charge in [0.2, 0.25) is 0 Å². The normalized spacial score (nSPS) is 28.1. The maximum Gasteiger partial charge on any atom is 0.254 e. The third-order valence-electron chi connectivity index (χ3n) is 4.62. The minimum atomic E-state index is 0. The first-order chi connectivity index (χ1) is 9.06. The number of amides is 1. The van der Waals surface area contributed by atoms with Crippen molar-refractivity contribution in [3.63, 3.8) is 0 Å². The molecule has 2 fully saturated rings. The van der Waals surface area contributed by atoms with E-state index in [-0.39, 0.29) is 24.4 Å². The average molecular weight is 315 g/mol. The van der Waals surface area contributed by atoms with Crippen molar-refractivity contribution < 1.29 is 4.79 Å². The third kappa shape index (κ3) is 2.67. The van der Waals surface area contributed by atoms with Crippen molar-refractivity contribution in [1.82, 2.24) is 4.90 Å². The SMILES string of the molecule is Cc1cc(Cl)ccc1C(=O)N1CC2CCC(N)C2C1.Cl. The van der Waals surface area contributed by atoms with E-state index in [4.69, 9.17) is 17.3 Å². The molecule has 1 aliphatic heterocycles. The van der Waals surface area contributed by atoms with E-state index in [0.717, 1.165) is 37.1 Å². The smallest absolute Gasteiger partial charge is 0.254 e. The lowest BCUT2D eigenvalue weighted by molar-refractivity contribution is 0.0779. The molecule has 3 nitrogen and oxygen atoms in total. The quantitative estimate of drug-likeness (QED) is 0.866. The van der Waals surface area contributed by atoms with Gasteiger partial charge in [0, 0.05) is 29.7 Å². The molecule has 0 spiro atoms. The summed E-state index contributed by atoms with van der Waals surface area (Å²) in [5.41, 5.74) is 7.82. The highest BCUT2D eigenvalue weighted by molar-refractivity contribution is 6.30. The number of rotatable bonds is 1. The summed E-state index contributed by atoms with van der Waals surface area (Å²) in [7, 11) is 0. The topological polar surface area (TPSA) is 46.3 Å². The largest absolute Gasteiger partial charge is 0.338 e. The van der Waals surface area contributed by atoms with Crippen LogP contribution in [0.3, 0.4) is 0 Å². The van der Waals surface area contributed by atoms with E-state index in [9.17, 15) is 4.79 Å². The molecule has 1 aliphatic carbocycles. The van der Waals surface area contributed by atoms with Crippen LogP contribution >= 0.6 is 24.0 Å². The molecule has 0 bridgehead atoms. The molecular weight excluding hydrogens is 295 g/mol. The summed E-state index contributed by atoms with van der Waals surface area (Å²) in [5, 5.41) is 0.675. The number of benzene rings is 1. The van der Waals surface area contributed by atoms with Gasteiger partial charge in [0.1, 0.15) is 0 Å². The summed E-state index contributed by atoms with van der Waals surface area (Å²) in [5.74, 6) is 1.22. The molecule has 2 aliphatic rings. The van der Waals surface area contributed by atoms with Gasteiger partial charge in [-0.05, 0) is 55.4 Å². The van der Waals surface area contributed by atoms with Crippen LogP contribution in [0.1, 0.15) is 28.8 Å². The Morgan fingerprint density at radius 2 is 2.10 bits per heavy atom. The number of nitrogens with two attached hydrogens (primary N) is 1. The van der Waals surface area contributed by atoms with E-state index in [0.29, 0.717) is 16.9 Å². The second kappa shape index (κ2) is 5.92. The first-order valence-corrected chi connectivity index (χ1v) is 7.25. The second-order valence-electron chi connectivity index (χ2n) is 5.83. The van der Waals surface area contributed by atoms with Gasteiger partial charge in [0.25, 0.3) is 5.91 Å². The molecule has 20 heavy (non-hydrogen) atoms. The zero-order valence-electron chi connectivity index (χ0n) is 11.5. The van der Waals surface area contributed by atoms with E-state index in [1.54, 1.807) is 6.07 Å². The zero-order valence-corrected chi connectivity index (χ0v) is 13.1. The summed E-state index contributed by atoms with van der Waals surface area (Å²) >= 11 is 5.94. The first kappa shape index (κ1) is 15.6. The van der Waals surface area contributed by atoms with E-state index in [2.05, 4.69) is 0 Å². The van der Waals surface area contributed by atoms with Gasteiger partial charge >= 0.3 is 0 Å². The Kier molecular flexibility index (Phi) is 4.62. The fourth-order valence-corrected chi connectivity index (χ4v) is 3.74. The maximum atomic E-state index is 12.6. The molecule has 3 unspecified atom stereocenters. The standard InChI is InChI=1S/C15H19ClN2O.ClH/c1-9-6-11(16)3-4-12(9)15(19)18-7-10-2-5-14(17)13(10)8-18;/h3-4,6,10,13-14H,2,5,7-8,17H2,1H3;1H. The monoisotopic (exact) mass is 314 g/mol. The lowest BCUT2D eigenvalue weighted by Crippen LogP contribution is -2.33. The van der Waals surface area contributed by atoms with Crippen LogP contribution in [-0.2, 0) is 0 Å². The Morgan fingerprint density at radius 3 is 2.75 bits per heavy atom. The number of likely N-dealkylation sites (tertiary alicyclic amines) is 1. The van der Waals surface area contributed by atoms with Crippen molar-refractivity contribution in [2.45, 2.75) is 25.8 Å². The third-order valence-corrected chi connectivity index (χ3v) is 4.85. The van der Waals surface area contributed by atoms with Gasteiger partial charge in [0.15, 0.2) is 0 Å². The summed E-state index contributed by atoms with van der Waals surface area (Å²) in [6, 6.07) is 5.73. The van der Waals surface area contributed by atoms with Crippen LogP contribution in [0.25, 0.3) is 0 Å². The van der Waals surface area contributed by atoms with Gasteiger partial charge in [-0.15, -0.1) is 12.4 Å². The summed E-state index contributed by atoms with van der Waals surface area (Å²) < 4.78 is 0. The number of hydrogen-bond acceptors (Lipinski definition) is 2. The summed E-state index contributed by atoms with van der Waals surface area (Å²) in [4.78, 5) is 14.5. The van der Waals surface area contributed by atoms with Gasteiger partial charge in [-0.25, -0.2) is 0 Å². The highest BCUT2D eigenvalue weighted by Crippen LogP contribution is 2.37. The van der Waals surface area contributed by atoms with Gasteiger partial charge in [0.05, 0.1) is 0 Å². The lowest BCUT2D eigenvalue weighted by atomic mass is 9.98. The van der Waals surface area contributed by atoms with Gasteiger partial charge in [-0.3, -0.25) is 4.79 Å². The van der Waals surface area contributed by atoms with Crippen LogP contribution in [0, 0.1) is 18.8 Å². The number of carbonyl (C=O) groups excluding carboxylic acids is 1. The van der Waals surface area contributed by atoms with Crippen LogP contribution < -0.4 is 5.73 Å². The highest BCUT2D eigenvalue weighted by atomic mass is 35.5. The Bertz CT molecular complexity index is 521. The van der Waals surface area contributed by atoms with E-state index in [1.807, 2.05) is 24.0 Å². The van der Waals surface area contributed by atoms with E-state index < -0.39 is 0 Å². The Labute approximate surface area is 130 Å². The van der Waals surface area contributed by atoms with Crippen LogP contribution in [0.4, 0.5) is 0 Å². The molecule has 2 N–H and O–H groups in total. The molecule has 110 valence electrons. The zero-order chi connectivity index (χ0) is 13.6. The van der Waals surface area contributed by atoms with Crippen LogP contribution in [0.2, 0.25) is 5.02 Å². The lowest BCUT2D eigenvalue weighted by Gasteiger charge is -2.19. The van der Waals surface area contributed by atoms with Crippen molar-refractivity contribution in [2.24, 2.45) is 17.6 Å². The van der Waals surface area contributed by atoms with Gasteiger partial charge in [-0.1, -0.05) is 11.6 Å². The Balaban J connectivity index is 0.00000147. The van der Waals surface area contributed by atoms with Gasteiger partial charge < -0.3 is 10.6 Å². The van der Waals surface area contributed by atoms with E-state index in [1.165, 1.54) is 0 Å². The molecule has 3 rings (SSSR count). The molecule has 5 heteroatoms. The fraction of sp³-hybridized carbons (Fsp3) is 0.533. The van der Waals surface area contributed by atoms with E-state index >= 15 is 0 Å². The predicted molar refractivity (Wildman–Crippen MR) is 83.5 cm³/mol. The molecule has 1 saturated carbocycles. The molecule has 1 aromatic carbocycles. The number of halogens is 2.